The zero-order valence-electron chi connectivity index (χ0n) is 15.3. The van der Waals surface area contributed by atoms with Crippen molar-refractivity contribution in [1.29, 1.82) is 0 Å². The number of hydrogen-bond acceptors (Lipinski definition) is 3. The highest BCUT2D eigenvalue weighted by Gasteiger charge is 2.25. The van der Waals surface area contributed by atoms with Gasteiger partial charge in [-0.3, -0.25) is 0 Å². The van der Waals surface area contributed by atoms with Crippen molar-refractivity contribution in [2.45, 2.75) is 6.04 Å². The van der Waals surface area contributed by atoms with E-state index in [4.69, 9.17) is 33.3 Å². The van der Waals surface area contributed by atoms with Crippen LogP contribution in [0.2, 0.25) is 10.0 Å². The molecule has 1 aromatic heterocycles. The van der Waals surface area contributed by atoms with Gasteiger partial charge in [-0.25, -0.2) is 4.68 Å². The number of hydrogen-bond donors (Lipinski definition) is 1. The Hall–Kier alpha value is -3.08. The summed E-state index contributed by atoms with van der Waals surface area (Å²) in [4.78, 5) is 4.75. The molecule has 142 valence electrons. The Morgan fingerprint density at radius 1 is 0.759 bits per heavy atom. The van der Waals surface area contributed by atoms with E-state index in [2.05, 4.69) is 23.5 Å². The second kappa shape index (κ2) is 7.39. The third-order valence-electron chi connectivity index (χ3n) is 4.86. The average molecular weight is 419 g/mol. The van der Waals surface area contributed by atoms with Gasteiger partial charge in [-0.15, -0.1) is 5.10 Å². The van der Waals surface area contributed by atoms with E-state index in [1.165, 1.54) is 0 Å². The van der Waals surface area contributed by atoms with Gasteiger partial charge in [-0.05, 0) is 53.6 Å². The van der Waals surface area contributed by atoms with Crippen LogP contribution in [0.3, 0.4) is 0 Å². The number of rotatable bonds is 3. The number of anilines is 1. The van der Waals surface area contributed by atoms with E-state index in [1.807, 2.05) is 71.4 Å². The first kappa shape index (κ1) is 18.0. The zero-order valence-corrected chi connectivity index (χ0v) is 16.8. The van der Waals surface area contributed by atoms with Gasteiger partial charge in [0.15, 0.2) is 5.82 Å². The summed E-state index contributed by atoms with van der Waals surface area (Å²) in [5.41, 5.74) is 4.06. The van der Waals surface area contributed by atoms with Crippen molar-refractivity contribution in [1.82, 2.24) is 14.8 Å². The number of halogens is 2. The topological polar surface area (TPSA) is 42.7 Å². The third-order valence-corrected chi connectivity index (χ3v) is 5.37. The fourth-order valence-corrected chi connectivity index (χ4v) is 3.65. The third kappa shape index (κ3) is 3.53. The number of fused-ring (bicyclic) bond motifs is 1. The molecule has 1 aliphatic rings. The molecule has 1 atom stereocenters. The minimum Gasteiger partial charge on any atom is -0.324 e. The van der Waals surface area contributed by atoms with Crippen molar-refractivity contribution in [3.8, 4) is 11.4 Å². The van der Waals surface area contributed by atoms with Crippen LogP contribution in [0.1, 0.15) is 17.2 Å². The van der Waals surface area contributed by atoms with Gasteiger partial charge in [0.2, 0.25) is 5.95 Å². The van der Waals surface area contributed by atoms with Gasteiger partial charge in [0.1, 0.15) is 6.04 Å². The van der Waals surface area contributed by atoms with E-state index in [0.717, 1.165) is 22.4 Å². The molecule has 1 unspecified atom stereocenters. The molecule has 5 rings (SSSR count). The van der Waals surface area contributed by atoms with Crippen molar-refractivity contribution in [3.05, 3.63) is 106 Å². The molecule has 0 aliphatic carbocycles. The summed E-state index contributed by atoms with van der Waals surface area (Å²) in [6.45, 7) is 0. The summed E-state index contributed by atoms with van der Waals surface area (Å²) in [7, 11) is 0. The predicted molar refractivity (Wildman–Crippen MR) is 118 cm³/mol. The summed E-state index contributed by atoms with van der Waals surface area (Å²) in [5.74, 6) is 1.34. The minimum absolute atomic E-state index is 0.0771. The second-order valence-corrected chi connectivity index (χ2v) is 7.65. The highest BCUT2D eigenvalue weighted by molar-refractivity contribution is 6.30. The lowest BCUT2D eigenvalue weighted by Crippen LogP contribution is -2.20. The van der Waals surface area contributed by atoms with Gasteiger partial charge >= 0.3 is 0 Å². The first-order valence-electron chi connectivity index (χ1n) is 9.19. The monoisotopic (exact) mass is 418 g/mol. The van der Waals surface area contributed by atoms with Crippen LogP contribution in [-0.4, -0.2) is 14.8 Å². The molecule has 0 bridgehead atoms. The van der Waals surface area contributed by atoms with Crippen LogP contribution in [0.5, 0.6) is 0 Å². The zero-order chi connectivity index (χ0) is 19.8. The Balaban J connectivity index is 1.61. The van der Waals surface area contributed by atoms with Crippen LogP contribution < -0.4 is 5.32 Å². The van der Waals surface area contributed by atoms with Crippen LogP contribution in [0.4, 0.5) is 5.95 Å². The van der Waals surface area contributed by atoms with Gasteiger partial charge in [-0.1, -0.05) is 65.7 Å². The average Bonchev–Trinajstić information content (AvgIpc) is 3.19. The molecule has 6 heteroatoms. The van der Waals surface area contributed by atoms with Gasteiger partial charge < -0.3 is 5.32 Å². The minimum atomic E-state index is -0.0771. The molecule has 1 aliphatic heterocycles. The van der Waals surface area contributed by atoms with Gasteiger partial charge in [-0.2, -0.15) is 4.98 Å². The van der Waals surface area contributed by atoms with Crippen LogP contribution in [0.25, 0.3) is 17.1 Å². The molecular weight excluding hydrogens is 403 g/mol. The molecule has 0 radical (unpaired) electrons. The standard InChI is InChI=1S/C23H16Cl2N4/c24-18-10-6-15(7-11-18)20-14-21(16-4-2-1-3-5-16)29-23(26-20)27-22(28-29)17-8-12-19(25)13-9-17/h1-14,21H,(H,26,27,28). The van der Waals surface area contributed by atoms with Gasteiger partial charge in [0, 0.05) is 21.3 Å². The smallest absolute Gasteiger partial charge is 0.227 e. The lowest BCUT2D eigenvalue weighted by atomic mass is 10.0. The summed E-state index contributed by atoms with van der Waals surface area (Å²) in [6.07, 6.45) is 2.16. The van der Waals surface area contributed by atoms with E-state index in [0.29, 0.717) is 21.8 Å². The Morgan fingerprint density at radius 2 is 1.38 bits per heavy atom. The SMILES string of the molecule is Clc1ccc(C2=CC(c3ccccc3)n3nc(-c4ccc(Cl)cc4)nc3N2)cc1. The van der Waals surface area contributed by atoms with Crippen LogP contribution >= 0.6 is 23.2 Å². The summed E-state index contributed by atoms with van der Waals surface area (Å²) in [5, 5.41) is 9.59. The number of nitrogens with zero attached hydrogens (tertiary/aromatic N) is 3. The Morgan fingerprint density at radius 3 is 2.03 bits per heavy atom. The normalized spacial score (nSPS) is 15.4. The first-order valence-corrected chi connectivity index (χ1v) is 9.95. The lowest BCUT2D eigenvalue weighted by Gasteiger charge is -2.24. The summed E-state index contributed by atoms with van der Waals surface area (Å²) >= 11 is 12.1. The first-order chi connectivity index (χ1) is 14.2. The van der Waals surface area contributed by atoms with E-state index in [1.54, 1.807) is 0 Å². The molecule has 4 nitrogen and oxygen atoms in total. The van der Waals surface area contributed by atoms with E-state index in [9.17, 15) is 0 Å². The maximum Gasteiger partial charge on any atom is 0.227 e. The number of benzene rings is 3. The molecule has 0 saturated carbocycles. The van der Waals surface area contributed by atoms with E-state index in [-0.39, 0.29) is 6.04 Å². The van der Waals surface area contributed by atoms with E-state index < -0.39 is 0 Å². The lowest BCUT2D eigenvalue weighted by molar-refractivity contribution is 0.613. The molecule has 2 heterocycles. The van der Waals surface area contributed by atoms with Crippen LogP contribution in [0, 0.1) is 0 Å². The largest absolute Gasteiger partial charge is 0.324 e. The molecule has 0 amide bonds. The van der Waals surface area contributed by atoms with Crippen molar-refractivity contribution >= 4 is 34.8 Å². The van der Waals surface area contributed by atoms with Gasteiger partial charge in [0.05, 0.1) is 0 Å². The molecule has 1 N–H and O–H groups in total. The van der Waals surface area contributed by atoms with Crippen molar-refractivity contribution in [3.63, 3.8) is 0 Å². The fourth-order valence-electron chi connectivity index (χ4n) is 3.40. The van der Waals surface area contributed by atoms with Crippen molar-refractivity contribution in [2.24, 2.45) is 0 Å². The predicted octanol–water partition coefficient (Wildman–Crippen LogP) is 6.31. The number of allylic oxidation sites excluding steroid dienone is 1. The highest BCUT2D eigenvalue weighted by Crippen LogP contribution is 2.34. The maximum absolute atomic E-state index is 6.06. The second-order valence-electron chi connectivity index (χ2n) is 6.78. The highest BCUT2D eigenvalue weighted by atomic mass is 35.5. The molecule has 0 spiro atoms. The molecule has 3 aromatic carbocycles. The molecular formula is C23H16Cl2N4. The van der Waals surface area contributed by atoms with Crippen molar-refractivity contribution in [2.75, 3.05) is 5.32 Å². The molecule has 29 heavy (non-hydrogen) atoms. The summed E-state index contributed by atoms with van der Waals surface area (Å²) in [6, 6.07) is 25.5. The number of aromatic nitrogens is 3. The summed E-state index contributed by atoms with van der Waals surface area (Å²) < 4.78 is 1.92. The van der Waals surface area contributed by atoms with Crippen LogP contribution in [-0.2, 0) is 0 Å². The van der Waals surface area contributed by atoms with Crippen molar-refractivity contribution < 1.29 is 0 Å². The molecule has 0 fully saturated rings. The number of nitrogens with one attached hydrogen (secondary N) is 1. The molecule has 0 saturated heterocycles. The Bertz CT molecular complexity index is 1180. The van der Waals surface area contributed by atoms with E-state index >= 15 is 0 Å². The Kier molecular flexibility index (Phi) is 4.58. The fraction of sp³-hybridized carbons (Fsp3) is 0.0435. The maximum atomic E-state index is 6.06. The van der Waals surface area contributed by atoms with Crippen LogP contribution in [0.15, 0.2) is 84.9 Å². The quantitative estimate of drug-likeness (QED) is 0.423. The van der Waals surface area contributed by atoms with Gasteiger partial charge in [0.25, 0.3) is 0 Å². The molecule has 4 aromatic rings. The Labute approximate surface area is 178 Å².